The molecule has 7 heteroatoms. The first-order valence-electron chi connectivity index (χ1n) is 5.36. The van der Waals surface area contributed by atoms with Crippen LogP contribution in [0, 0.1) is 0 Å². The summed E-state index contributed by atoms with van der Waals surface area (Å²) in [5, 5.41) is 20.8. The molecule has 104 valence electrons. The highest BCUT2D eigenvalue weighted by atomic mass is 35.5. The Morgan fingerprint density at radius 3 is 2.37 bits per heavy atom. The molecular formula is C12H14ClNO5. The number of carboxylic acids is 1. The van der Waals surface area contributed by atoms with Crippen molar-refractivity contribution in [1.29, 1.82) is 0 Å². The molecule has 0 aliphatic rings. The van der Waals surface area contributed by atoms with Gasteiger partial charge >= 0.3 is 12.1 Å². The van der Waals surface area contributed by atoms with Gasteiger partial charge in [-0.3, -0.25) is 5.32 Å². The number of rotatable bonds is 2. The Hall–Kier alpha value is -1.95. The van der Waals surface area contributed by atoms with Crippen LogP contribution in [0.1, 0.15) is 31.1 Å². The third-order valence-electron chi connectivity index (χ3n) is 1.99. The lowest BCUT2D eigenvalue weighted by atomic mass is 10.1. The Morgan fingerprint density at radius 2 is 1.89 bits per heavy atom. The number of hydrogen-bond donors (Lipinski definition) is 3. The standard InChI is InChI=1S/C12H14ClNO5/c1-12(2,3)19-11(18)14-8-6(10(16)17)4-5-7(13)9(8)15/h4-5,15H,1-3H3,(H,14,18)(H,16,17). The number of ether oxygens (including phenoxy) is 1. The molecule has 0 unspecified atom stereocenters. The Morgan fingerprint density at radius 1 is 1.32 bits per heavy atom. The van der Waals surface area contributed by atoms with Gasteiger partial charge in [0.2, 0.25) is 0 Å². The van der Waals surface area contributed by atoms with E-state index in [-0.39, 0.29) is 16.3 Å². The molecule has 3 N–H and O–H groups in total. The highest BCUT2D eigenvalue weighted by Crippen LogP contribution is 2.35. The van der Waals surface area contributed by atoms with Crippen molar-refractivity contribution in [3.8, 4) is 5.75 Å². The number of carboxylic acid groups (broad SMARTS) is 1. The van der Waals surface area contributed by atoms with Gasteiger partial charge in [-0.15, -0.1) is 0 Å². The topological polar surface area (TPSA) is 95.9 Å². The number of aromatic hydroxyl groups is 1. The lowest BCUT2D eigenvalue weighted by molar-refractivity contribution is 0.0635. The minimum Gasteiger partial charge on any atom is -0.504 e. The number of hydrogen-bond acceptors (Lipinski definition) is 4. The molecule has 0 aromatic heterocycles. The fourth-order valence-corrected chi connectivity index (χ4v) is 1.43. The van der Waals surface area contributed by atoms with E-state index < -0.39 is 23.4 Å². The molecule has 1 amide bonds. The fraction of sp³-hybridized carbons (Fsp3) is 0.333. The van der Waals surface area contributed by atoms with Gasteiger partial charge in [-0.1, -0.05) is 11.6 Å². The van der Waals surface area contributed by atoms with E-state index in [2.05, 4.69) is 5.32 Å². The number of nitrogens with one attached hydrogen (secondary N) is 1. The van der Waals surface area contributed by atoms with Crippen molar-refractivity contribution in [2.24, 2.45) is 0 Å². The van der Waals surface area contributed by atoms with E-state index in [1.165, 1.54) is 12.1 Å². The summed E-state index contributed by atoms with van der Waals surface area (Å²) in [5.74, 6) is -1.83. The summed E-state index contributed by atoms with van der Waals surface area (Å²) in [4.78, 5) is 22.6. The monoisotopic (exact) mass is 287 g/mol. The Labute approximate surface area is 114 Å². The Kier molecular flexibility index (Phi) is 4.26. The highest BCUT2D eigenvalue weighted by molar-refractivity contribution is 6.33. The third kappa shape index (κ3) is 4.03. The first-order chi connectivity index (χ1) is 8.61. The summed E-state index contributed by atoms with van der Waals surface area (Å²) < 4.78 is 4.97. The summed E-state index contributed by atoms with van der Waals surface area (Å²) in [6.45, 7) is 4.97. The molecule has 0 aliphatic heterocycles. The lowest BCUT2D eigenvalue weighted by Crippen LogP contribution is -2.27. The van der Waals surface area contributed by atoms with E-state index in [0.29, 0.717) is 0 Å². The molecule has 6 nitrogen and oxygen atoms in total. The zero-order chi connectivity index (χ0) is 14.8. The first-order valence-corrected chi connectivity index (χ1v) is 5.74. The van der Waals surface area contributed by atoms with E-state index in [9.17, 15) is 14.7 Å². The van der Waals surface area contributed by atoms with Crippen molar-refractivity contribution in [2.75, 3.05) is 5.32 Å². The maximum absolute atomic E-state index is 11.6. The number of anilines is 1. The van der Waals surface area contributed by atoms with Crippen molar-refractivity contribution >= 4 is 29.4 Å². The van der Waals surface area contributed by atoms with E-state index in [1.807, 2.05) is 0 Å². The highest BCUT2D eigenvalue weighted by Gasteiger charge is 2.22. The molecule has 0 bridgehead atoms. The van der Waals surface area contributed by atoms with E-state index in [0.717, 1.165) is 0 Å². The van der Waals surface area contributed by atoms with Crippen LogP contribution < -0.4 is 5.32 Å². The molecule has 1 aromatic carbocycles. The molecule has 1 aromatic rings. The van der Waals surface area contributed by atoms with Gasteiger partial charge in [0.05, 0.1) is 10.6 Å². The van der Waals surface area contributed by atoms with Crippen LogP contribution in [0.5, 0.6) is 5.75 Å². The SMILES string of the molecule is CC(C)(C)OC(=O)Nc1c(C(=O)O)ccc(Cl)c1O. The van der Waals surface area contributed by atoms with Crippen molar-refractivity contribution in [1.82, 2.24) is 0 Å². The molecule has 0 saturated heterocycles. The molecule has 0 fully saturated rings. The largest absolute Gasteiger partial charge is 0.504 e. The van der Waals surface area contributed by atoms with Crippen molar-refractivity contribution < 1.29 is 24.5 Å². The van der Waals surface area contributed by atoms with Crippen LogP contribution in [0.15, 0.2) is 12.1 Å². The lowest BCUT2D eigenvalue weighted by Gasteiger charge is -2.20. The summed E-state index contributed by atoms with van der Waals surface area (Å²) in [6, 6.07) is 2.40. The number of carbonyl (C=O) groups excluding carboxylic acids is 1. The van der Waals surface area contributed by atoms with Crippen molar-refractivity contribution in [3.05, 3.63) is 22.7 Å². The first kappa shape index (κ1) is 15.1. The van der Waals surface area contributed by atoms with Crippen molar-refractivity contribution in [2.45, 2.75) is 26.4 Å². The number of aromatic carboxylic acids is 1. The van der Waals surface area contributed by atoms with Crippen LogP contribution in [-0.2, 0) is 4.74 Å². The number of amides is 1. The zero-order valence-corrected chi connectivity index (χ0v) is 11.4. The maximum atomic E-state index is 11.6. The average Bonchev–Trinajstić information content (AvgIpc) is 2.21. The van der Waals surface area contributed by atoms with Crippen molar-refractivity contribution in [3.63, 3.8) is 0 Å². The fourth-order valence-electron chi connectivity index (χ4n) is 1.28. The molecule has 0 heterocycles. The number of halogens is 1. The summed E-state index contributed by atoms with van der Waals surface area (Å²) in [5.41, 5.74) is -1.33. The predicted molar refractivity (Wildman–Crippen MR) is 69.9 cm³/mol. The molecule has 19 heavy (non-hydrogen) atoms. The number of phenolic OH excluding ortho intramolecular Hbond substituents is 1. The minimum absolute atomic E-state index is 0.0731. The number of benzene rings is 1. The number of phenols is 1. The second-order valence-corrected chi connectivity index (χ2v) is 5.16. The van der Waals surface area contributed by atoms with E-state index in [4.69, 9.17) is 21.4 Å². The Balaban J connectivity index is 3.09. The molecular weight excluding hydrogens is 274 g/mol. The summed E-state index contributed by atoms with van der Waals surface area (Å²) in [7, 11) is 0. The maximum Gasteiger partial charge on any atom is 0.412 e. The van der Waals surface area contributed by atoms with Gasteiger partial charge in [-0.25, -0.2) is 9.59 Å². The van der Waals surface area contributed by atoms with Gasteiger partial charge < -0.3 is 14.9 Å². The molecule has 1 rings (SSSR count). The predicted octanol–water partition coefficient (Wildman–Crippen LogP) is 3.09. The van der Waals surface area contributed by atoms with Crippen LogP contribution in [0.2, 0.25) is 5.02 Å². The number of carbonyl (C=O) groups is 2. The summed E-state index contributed by atoms with van der Waals surface area (Å²) >= 11 is 5.67. The van der Waals surface area contributed by atoms with E-state index in [1.54, 1.807) is 20.8 Å². The zero-order valence-electron chi connectivity index (χ0n) is 10.7. The summed E-state index contributed by atoms with van der Waals surface area (Å²) in [6.07, 6.45) is -0.882. The normalized spacial score (nSPS) is 10.9. The molecule has 0 spiro atoms. The third-order valence-corrected chi connectivity index (χ3v) is 2.29. The van der Waals surface area contributed by atoms with Gasteiger partial charge in [0.15, 0.2) is 5.75 Å². The van der Waals surface area contributed by atoms with Gasteiger partial charge in [0, 0.05) is 0 Å². The van der Waals surface area contributed by atoms with Gasteiger partial charge in [0.1, 0.15) is 11.3 Å². The van der Waals surface area contributed by atoms with Gasteiger partial charge in [-0.2, -0.15) is 0 Å². The smallest absolute Gasteiger partial charge is 0.412 e. The van der Waals surface area contributed by atoms with Gasteiger partial charge in [-0.05, 0) is 32.9 Å². The van der Waals surface area contributed by atoms with Crippen LogP contribution in [0.25, 0.3) is 0 Å². The van der Waals surface area contributed by atoms with E-state index >= 15 is 0 Å². The second kappa shape index (κ2) is 5.36. The second-order valence-electron chi connectivity index (χ2n) is 4.75. The minimum atomic E-state index is -1.31. The molecule has 0 radical (unpaired) electrons. The molecule has 0 atom stereocenters. The van der Waals surface area contributed by atoms with Crippen LogP contribution >= 0.6 is 11.6 Å². The average molecular weight is 288 g/mol. The molecule has 0 aliphatic carbocycles. The van der Waals surface area contributed by atoms with Crippen LogP contribution in [0.4, 0.5) is 10.5 Å². The quantitative estimate of drug-likeness (QED) is 0.726. The van der Waals surface area contributed by atoms with Crippen LogP contribution in [0.3, 0.4) is 0 Å². The molecule has 0 saturated carbocycles. The van der Waals surface area contributed by atoms with Gasteiger partial charge in [0.25, 0.3) is 0 Å². The Bertz CT molecular complexity index is 522. The van der Waals surface area contributed by atoms with Crippen LogP contribution in [-0.4, -0.2) is 27.9 Å².